The highest BCUT2D eigenvalue weighted by molar-refractivity contribution is 5.55. The summed E-state index contributed by atoms with van der Waals surface area (Å²) in [5.74, 6) is 0.566. The van der Waals surface area contributed by atoms with Gasteiger partial charge in [-0.3, -0.25) is 0 Å². The van der Waals surface area contributed by atoms with E-state index in [1.165, 1.54) is 13.2 Å². The van der Waals surface area contributed by atoms with E-state index in [-0.39, 0.29) is 17.5 Å². The SMILES string of the molecule is CNC(C)c1nnc(-c2ccc(OC)cc2F)o1. The average molecular weight is 251 g/mol. The highest BCUT2D eigenvalue weighted by Crippen LogP contribution is 2.26. The van der Waals surface area contributed by atoms with E-state index in [0.29, 0.717) is 11.6 Å². The largest absolute Gasteiger partial charge is 0.497 e. The lowest BCUT2D eigenvalue weighted by molar-refractivity contribution is 0.411. The van der Waals surface area contributed by atoms with Crippen molar-refractivity contribution in [3.63, 3.8) is 0 Å². The van der Waals surface area contributed by atoms with E-state index in [2.05, 4.69) is 15.5 Å². The van der Waals surface area contributed by atoms with Crippen LogP contribution in [-0.4, -0.2) is 24.4 Å². The molecule has 0 fully saturated rings. The van der Waals surface area contributed by atoms with Crippen LogP contribution in [0.3, 0.4) is 0 Å². The standard InChI is InChI=1S/C12H14FN3O2/c1-7(14-2)11-15-16-12(18-11)9-5-4-8(17-3)6-10(9)13/h4-7,14H,1-3H3. The number of rotatable bonds is 4. The van der Waals surface area contributed by atoms with Crippen molar-refractivity contribution in [1.82, 2.24) is 15.5 Å². The lowest BCUT2D eigenvalue weighted by Gasteiger charge is -2.03. The fourth-order valence-corrected chi connectivity index (χ4v) is 1.44. The molecule has 96 valence electrons. The quantitative estimate of drug-likeness (QED) is 0.902. The Morgan fingerprint density at radius 3 is 2.78 bits per heavy atom. The third-order valence-electron chi connectivity index (χ3n) is 2.65. The number of methoxy groups -OCH3 is 1. The van der Waals surface area contributed by atoms with Gasteiger partial charge in [0.15, 0.2) is 0 Å². The number of ether oxygens (including phenoxy) is 1. The van der Waals surface area contributed by atoms with Crippen molar-refractivity contribution in [2.75, 3.05) is 14.2 Å². The first-order valence-electron chi connectivity index (χ1n) is 5.50. The zero-order chi connectivity index (χ0) is 13.1. The predicted molar refractivity (Wildman–Crippen MR) is 63.7 cm³/mol. The summed E-state index contributed by atoms with van der Waals surface area (Å²) in [6.07, 6.45) is 0. The summed E-state index contributed by atoms with van der Waals surface area (Å²) in [4.78, 5) is 0. The molecule has 5 nitrogen and oxygen atoms in total. The van der Waals surface area contributed by atoms with Crippen molar-refractivity contribution < 1.29 is 13.5 Å². The Morgan fingerprint density at radius 2 is 2.17 bits per heavy atom. The highest BCUT2D eigenvalue weighted by Gasteiger charge is 2.16. The van der Waals surface area contributed by atoms with Crippen LogP contribution < -0.4 is 10.1 Å². The molecular formula is C12H14FN3O2. The van der Waals surface area contributed by atoms with Crippen LogP contribution in [0.15, 0.2) is 22.6 Å². The van der Waals surface area contributed by atoms with Crippen LogP contribution in [0.1, 0.15) is 18.9 Å². The highest BCUT2D eigenvalue weighted by atomic mass is 19.1. The van der Waals surface area contributed by atoms with E-state index in [0.717, 1.165) is 0 Å². The first-order chi connectivity index (χ1) is 8.65. The molecule has 6 heteroatoms. The second-order valence-electron chi connectivity index (χ2n) is 3.80. The van der Waals surface area contributed by atoms with E-state index in [1.807, 2.05) is 6.92 Å². The molecular weight excluding hydrogens is 237 g/mol. The maximum absolute atomic E-state index is 13.8. The van der Waals surface area contributed by atoms with Crippen molar-refractivity contribution in [3.8, 4) is 17.2 Å². The molecule has 0 amide bonds. The Hall–Kier alpha value is -1.95. The second kappa shape index (κ2) is 5.14. The molecule has 2 rings (SSSR count). The molecule has 1 unspecified atom stereocenters. The third-order valence-corrected chi connectivity index (χ3v) is 2.65. The predicted octanol–water partition coefficient (Wildman–Crippen LogP) is 2.16. The fourth-order valence-electron chi connectivity index (χ4n) is 1.44. The molecule has 0 bridgehead atoms. The normalized spacial score (nSPS) is 12.4. The van der Waals surface area contributed by atoms with Crippen molar-refractivity contribution in [2.24, 2.45) is 0 Å². The average Bonchev–Trinajstić information content (AvgIpc) is 2.87. The number of hydrogen-bond donors (Lipinski definition) is 1. The second-order valence-corrected chi connectivity index (χ2v) is 3.80. The van der Waals surface area contributed by atoms with Gasteiger partial charge in [-0.1, -0.05) is 0 Å². The Kier molecular flexibility index (Phi) is 3.57. The number of nitrogens with zero attached hydrogens (tertiary/aromatic N) is 2. The molecule has 0 aliphatic rings. The molecule has 1 atom stereocenters. The molecule has 0 aliphatic carbocycles. The van der Waals surface area contributed by atoms with Gasteiger partial charge in [-0.05, 0) is 26.1 Å². The zero-order valence-electron chi connectivity index (χ0n) is 10.4. The number of aromatic nitrogens is 2. The number of nitrogens with one attached hydrogen (secondary N) is 1. The summed E-state index contributed by atoms with van der Waals surface area (Å²) >= 11 is 0. The molecule has 1 heterocycles. The van der Waals surface area contributed by atoms with Gasteiger partial charge in [0.25, 0.3) is 5.89 Å². The van der Waals surface area contributed by atoms with Gasteiger partial charge in [0.05, 0.1) is 18.7 Å². The molecule has 0 radical (unpaired) electrons. The molecule has 0 aliphatic heterocycles. The number of benzene rings is 1. The summed E-state index contributed by atoms with van der Waals surface area (Å²) in [7, 11) is 3.26. The monoisotopic (exact) mass is 251 g/mol. The topological polar surface area (TPSA) is 60.2 Å². The van der Waals surface area contributed by atoms with Crippen LogP contribution in [-0.2, 0) is 0 Å². The minimum atomic E-state index is -0.457. The van der Waals surface area contributed by atoms with Crippen LogP contribution in [0.2, 0.25) is 0 Å². The number of hydrogen-bond acceptors (Lipinski definition) is 5. The van der Waals surface area contributed by atoms with Crippen LogP contribution in [0.5, 0.6) is 5.75 Å². The third kappa shape index (κ3) is 2.33. The molecule has 0 saturated carbocycles. The molecule has 0 spiro atoms. The summed E-state index contributed by atoms with van der Waals surface area (Å²) in [6, 6.07) is 4.40. The fraction of sp³-hybridized carbons (Fsp3) is 0.333. The van der Waals surface area contributed by atoms with E-state index >= 15 is 0 Å². The van der Waals surface area contributed by atoms with Crippen LogP contribution in [0.25, 0.3) is 11.5 Å². The summed E-state index contributed by atoms with van der Waals surface area (Å²) < 4.78 is 24.1. The first-order valence-corrected chi connectivity index (χ1v) is 5.50. The van der Waals surface area contributed by atoms with Gasteiger partial charge >= 0.3 is 0 Å². The molecule has 18 heavy (non-hydrogen) atoms. The minimum absolute atomic E-state index is 0.0763. The Bertz CT molecular complexity index is 542. The van der Waals surface area contributed by atoms with Gasteiger partial charge in [0.2, 0.25) is 5.89 Å². The maximum Gasteiger partial charge on any atom is 0.250 e. The van der Waals surface area contributed by atoms with E-state index in [4.69, 9.17) is 9.15 Å². The summed E-state index contributed by atoms with van der Waals surface area (Å²) in [5, 5.41) is 10.7. The zero-order valence-corrected chi connectivity index (χ0v) is 10.4. The lowest BCUT2D eigenvalue weighted by Crippen LogP contribution is -2.12. The van der Waals surface area contributed by atoms with E-state index < -0.39 is 5.82 Å². The van der Waals surface area contributed by atoms with Gasteiger partial charge in [-0.25, -0.2) is 4.39 Å². The Morgan fingerprint density at radius 1 is 1.39 bits per heavy atom. The van der Waals surface area contributed by atoms with Crippen molar-refractivity contribution in [1.29, 1.82) is 0 Å². The van der Waals surface area contributed by atoms with Gasteiger partial charge in [0, 0.05) is 6.07 Å². The first kappa shape index (κ1) is 12.5. The van der Waals surface area contributed by atoms with Crippen LogP contribution in [0, 0.1) is 5.82 Å². The van der Waals surface area contributed by atoms with Crippen molar-refractivity contribution >= 4 is 0 Å². The van der Waals surface area contributed by atoms with Gasteiger partial charge in [-0.2, -0.15) is 0 Å². The molecule has 0 saturated heterocycles. The lowest BCUT2D eigenvalue weighted by atomic mass is 10.2. The van der Waals surface area contributed by atoms with Gasteiger partial charge in [-0.15, -0.1) is 10.2 Å². The van der Waals surface area contributed by atoms with Gasteiger partial charge in [0.1, 0.15) is 11.6 Å². The van der Waals surface area contributed by atoms with E-state index in [1.54, 1.807) is 19.2 Å². The van der Waals surface area contributed by atoms with Crippen molar-refractivity contribution in [2.45, 2.75) is 13.0 Å². The molecule has 1 N–H and O–H groups in total. The number of halogens is 1. The van der Waals surface area contributed by atoms with Gasteiger partial charge < -0.3 is 14.5 Å². The maximum atomic E-state index is 13.8. The molecule has 2 aromatic rings. The smallest absolute Gasteiger partial charge is 0.250 e. The van der Waals surface area contributed by atoms with Crippen molar-refractivity contribution in [3.05, 3.63) is 29.9 Å². The van der Waals surface area contributed by atoms with Crippen LogP contribution >= 0.6 is 0 Å². The molecule has 1 aromatic heterocycles. The Balaban J connectivity index is 2.34. The summed E-state index contributed by atoms with van der Waals surface area (Å²) in [6.45, 7) is 1.88. The summed E-state index contributed by atoms with van der Waals surface area (Å²) in [5.41, 5.74) is 0.262. The minimum Gasteiger partial charge on any atom is -0.497 e. The molecule has 1 aromatic carbocycles. The van der Waals surface area contributed by atoms with Crippen LogP contribution in [0.4, 0.5) is 4.39 Å². The Labute approximate surface area is 104 Å². The van der Waals surface area contributed by atoms with E-state index in [9.17, 15) is 4.39 Å².